The molecule has 1 saturated carbocycles. The molecule has 2 fully saturated rings. The van der Waals surface area contributed by atoms with Crippen molar-refractivity contribution in [3.05, 3.63) is 18.2 Å². The molecule has 1 aromatic heterocycles. The molecule has 0 radical (unpaired) electrons. The Kier molecular flexibility index (Phi) is 5.66. The molecule has 4 rings (SSSR count). The quantitative estimate of drug-likeness (QED) is 0.818. The number of benzene rings is 1. The Morgan fingerprint density at radius 2 is 2.00 bits per heavy atom. The molecular formula is C19H26N4O3S2. The molecule has 1 amide bonds. The monoisotopic (exact) mass is 422 g/mol. The zero-order valence-corrected chi connectivity index (χ0v) is 17.6. The number of nitrogens with one attached hydrogen (secondary N) is 1. The second-order valence-electron chi connectivity index (χ2n) is 7.97. The van der Waals surface area contributed by atoms with Gasteiger partial charge in [-0.3, -0.25) is 4.79 Å². The van der Waals surface area contributed by atoms with E-state index >= 15 is 0 Å². The zero-order valence-electron chi connectivity index (χ0n) is 16.0. The summed E-state index contributed by atoms with van der Waals surface area (Å²) in [7, 11) is -3.71. The first-order valence-electron chi connectivity index (χ1n) is 9.98. The highest BCUT2D eigenvalue weighted by Gasteiger charge is 2.35. The van der Waals surface area contributed by atoms with Gasteiger partial charge in [-0.25, -0.2) is 8.42 Å². The second kappa shape index (κ2) is 8.04. The minimum Gasteiger partial charge on any atom is -0.353 e. The van der Waals surface area contributed by atoms with E-state index in [0.29, 0.717) is 29.9 Å². The van der Waals surface area contributed by atoms with E-state index in [1.54, 1.807) is 18.2 Å². The molecule has 2 aromatic rings. The third-order valence-electron chi connectivity index (χ3n) is 6.06. The number of sulfonamides is 1. The second-order valence-corrected chi connectivity index (χ2v) is 10.4. The highest BCUT2D eigenvalue weighted by molar-refractivity contribution is 7.89. The Hall–Kier alpha value is -1.58. The summed E-state index contributed by atoms with van der Waals surface area (Å²) < 4.78 is 36.2. The number of piperidine rings is 1. The van der Waals surface area contributed by atoms with Crippen molar-refractivity contribution in [3.8, 4) is 0 Å². The first-order valence-corrected chi connectivity index (χ1v) is 12.2. The molecule has 3 atom stereocenters. The van der Waals surface area contributed by atoms with Gasteiger partial charge in [0, 0.05) is 19.1 Å². The Balaban J connectivity index is 1.50. The number of hydrogen-bond acceptors (Lipinski definition) is 6. The van der Waals surface area contributed by atoms with Crippen LogP contribution in [0.1, 0.15) is 45.4 Å². The summed E-state index contributed by atoms with van der Waals surface area (Å²) in [5, 5.41) is 3.19. The first kappa shape index (κ1) is 19.7. The summed E-state index contributed by atoms with van der Waals surface area (Å²) in [5.74, 6) is 0.175. The van der Waals surface area contributed by atoms with E-state index in [4.69, 9.17) is 0 Å². The lowest BCUT2D eigenvalue weighted by Gasteiger charge is -2.34. The summed E-state index contributed by atoms with van der Waals surface area (Å²) in [6, 6.07) is 5.24. The molecule has 28 heavy (non-hydrogen) atoms. The Morgan fingerprint density at radius 3 is 2.82 bits per heavy atom. The maximum absolute atomic E-state index is 13.2. The van der Waals surface area contributed by atoms with Gasteiger partial charge in [-0.05, 0) is 43.7 Å². The van der Waals surface area contributed by atoms with Crippen LogP contribution in [0.15, 0.2) is 23.1 Å². The molecule has 2 aliphatic rings. The van der Waals surface area contributed by atoms with Crippen molar-refractivity contribution in [2.45, 2.75) is 56.4 Å². The predicted octanol–water partition coefficient (Wildman–Crippen LogP) is 2.79. The number of carbonyl (C=O) groups excluding carboxylic acids is 1. The van der Waals surface area contributed by atoms with Gasteiger partial charge in [0.15, 0.2) is 0 Å². The van der Waals surface area contributed by atoms with E-state index in [9.17, 15) is 13.2 Å². The fraction of sp³-hybridized carbons (Fsp3) is 0.632. The molecule has 1 saturated heterocycles. The van der Waals surface area contributed by atoms with Crippen molar-refractivity contribution in [1.29, 1.82) is 0 Å². The van der Waals surface area contributed by atoms with Crippen LogP contribution in [0.2, 0.25) is 0 Å². The summed E-state index contributed by atoms with van der Waals surface area (Å²) >= 11 is 1.01. The van der Waals surface area contributed by atoms with Gasteiger partial charge in [-0.1, -0.05) is 25.8 Å². The number of rotatable bonds is 4. The first-order chi connectivity index (χ1) is 13.5. The van der Waals surface area contributed by atoms with Gasteiger partial charge < -0.3 is 5.32 Å². The minimum absolute atomic E-state index is 0.00724. The van der Waals surface area contributed by atoms with Gasteiger partial charge in [0.05, 0.1) is 17.6 Å². The van der Waals surface area contributed by atoms with E-state index in [-0.39, 0.29) is 29.3 Å². The molecule has 0 spiro atoms. The number of amides is 1. The summed E-state index contributed by atoms with van der Waals surface area (Å²) in [4.78, 5) is 13.0. The van der Waals surface area contributed by atoms with Crippen LogP contribution >= 0.6 is 11.7 Å². The highest BCUT2D eigenvalue weighted by Crippen LogP contribution is 2.29. The highest BCUT2D eigenvalue weighted by atomic mass is 32.2. The van der Waals surface area contributed by atoms with Crippen molar-refractivity contribution in [3.63, 3.8) is 0 Å². The normalized spacial score (nSPS) is 27.0. The van der Waals surface area contributed by atoms with Crippen molar-refractivity contribution in [2.24, 2.45) is 11.8 Å². The SMILES string of the molecule is C[C@@H]1CCCC[C@@H]1NC(=O)[C@H]1CCCN(S(=O)(=O)c2cccc3nsnc23)C1. The third-order valence-corrected chi connectivity index (χ3v) is 8.50. The molecule has 0 unspecified atom stereocenters. The van der Waals surface area contributed by atoms with Crippen LogP contribution in [-0.2, 0) is 14.8 Å². The topological polar surface area (TPSA) is 92.3 Å². The van der Waals surface area contributed by atoms with Gasteiger partial charge in [0.2, 0.25) is 15.9 Å². The molecule has 7 nitrogen and oxygen atoms in total. The molecule has 0 bridgehead atoms. The van der Waals surface area contributed by atoms with E-state index in [0.717, 1.165) is 37.4 Å². The number of fused-ring (bicyclic) bond motifs is 1. The number of carbonyl (C=O) groups is 1. The van der Waals surface area contributed by atoms with Crippen LogP contribution in [-0.4, -0.2) is 46.5 Å². The van der Waals surface area contributed by atoms with Crippen LogP contribution in [0.5, 0.6) is 0 Å². The maximum Gasteiger partial charge on any atom is 0.245 e. The van der Waals surface area contributed by atoms with Crippen LogP contribution in [0.4, 0.5) is 0 Å². The zero-order chi connectivity index (χ0) is 19.7. The van der Waals surface area contributed by atoms with E-state index < -0.39 is 10.0 Å². The van der Waals surface area contributed by atoms with Gasteiger partial charge in [0.25, 0.3) is 0 Å². The Labute approximate surface area is 169 Å². The van der Waals surface area contributed by atoms with Gasteiger partial charge in [-0.2, -0.15) is 13.1 Å². The van der Waals surface area contributed by atoms with Crippen molar-refractivity contribution in [1.82, 2.24) is 18.4 Å². The van der Waals surface area contributed by atoms with E-state index in [1.165, 1.54) is 10.7 Å². The fourth-order valence-corrected chi connectivity index (χ4v) is 6.61. The molecule has 1 N–H and O–H groups in total. The standard InChI is InChI=1S/C19H26N4O3S2/c1-13-6-2-3-8-15(13)20-19(24)14-7-5-11-23(12-14)28(25,26)17-10-4-9-16-18(17)22-27-21-16/h4,9-10,13-15H,2-3,5-8,11-12H2,1H3,(H,20,24)/t13-,14+,15+/m1/s1. The van der Waals surface area contributed by atoms with E-state index in [1.807, 2.05) is 0 Å². The molecule has 1 aliphatic heterocycles. The lowest BCUT2D eigenvalue weighted by molar-refractivity contribution is -0.127. The largest absolute Gasteiger partial charge is 0.353 e. The molecule has 1 aliphatic carbocycles. The molecule has 9 heteroatoms. The van der Waals surface area contributed by atoms with E-state index in [2.05, 4.69) is 21.0 Å². The van der Waals surface area contributed by atoms with Gasteiger partial charge in [-0.15, -0.1) is 0 Å². The van der Waals surface area contributed by atoms with Gasteiger partial charge >= 0.3 is 0 Å². The van der Waals surface area contributed by atoms with Crippen LogP contribution in [0, 0.1) is 11.8 Å². The lowest BCUT2D eigenvalue weighted by Crippen LogP contribution is -2.49. The summed E-state index contributed by atoms with van der Waals surface area (Å²) in [5.41, 5.74) is 0.999. The van der Waals surface area contributed by atoms with Crippen LogP contribution in [0.25, 0.3) is 11.0 Å². The number of aromatic nitrogens is 2. The number of nitrogens with zero attached hydrogens (tertiary/aromatic N) is 3. The smallest absolute Gasteiger partial charge is 0.245 e. The predicted molar refractivity (Wildman–Crippen MR) is 108 cm³/mol. The van der Waals surface area contributed by atoms with Crippen LogP contribution < -0.4 is 5.32 Å². The van der Waals surface area contributed by atoms with Crippen molar-refractivity contribution >= 4 is 38.7 Å². The fourth-order valence-electron chi connectivity index (χ4n) is 4.33. The number of hydrogen-bond donors (Lipinski definition) is 1. The molecular weight excluding hydrogens is 396 g/mol. The Morgan fingerprint density at radius 1 is 1.18 bits per heavy atom. The Bertz CT molecular complexity index is 959. The molecule has 1 aromatic carbocycles. The molecule has 2 heterocycles. The summed E-state index contributed by atoms with van der Waals surface area (Å²) in [6.45, 7) is 2.84. The average Bonchev–Trinajstić information content (AvgIpc) is 3.18. The molecule has 152 valence electrons. The van der Waals surface area contributed by atoms with Crippen molar-refractivity contribution < 1.29 is 13.2 Å². The van der Waals surface area contributed by atoms with Crippen LogP contribution in [0.3, 0.4) is 0 Å². The minimum atomic E-state index is -3.71. The average molecular weight is 423 g/mol. The van der Waals surface area contributed by atoms with Gasteiger partial charge in [0.1, 0.15) is 15.9 Å². The van der Waals surface area contributed by atoms with Crippen molar-refractivity contribution in [2.75, 3.05) is 13.1 Å². The lowest BCUT2D eigenvalue weighted by atomic mass is 9.85. The maximum atomic E-state index is 13.2. The third kappa shape index (κ3) is 3.79. The summed E-state index contributed by atoms with van der Waals surface area (Å²) in [6.07, 6.45) is 5.93.